The van der Waals surface area contributed by atoms with E-state index in [2.05, 4.69) is 57.8 Å². The van der Waals surface area contributed by atoms with Crippen LogP contribution in [0.4, 0.5) is 5.69 Å². The zero-order valence-corrected chi connectivity index (χ0v) is 17.8. The molecule has 0 aromatic heterocycles. The number of non-ortho nitro benzene ring substituents is 1. The van der Waals surface area contributed by atoms with Gasteiger partial charge in [-0.2, -0.15) is 0 Å². The lowest BCUT2D eigenvalue weighted by molar-refractivity contribution is -0.384. The van der Waals surface area contributed by atoms with Crippen molar-refractivity contribution in [1.82, 2.24) is 15.5 Å². The minimum absolute atomic E-state index is 0.101. The third kappa shape index (κ3) is 6.29. The first-order valence-electron chi connectivity index (χ1n) is 10.6. The van der Waals surface area contributed by atoms with Gasteiger partial charge in [0, 0.05) is 43.9 Å². The van der Waals surface area contributed by atoms with Crippen molar-refractivity contribution in [2.45, 2.75) is 51.9 Å². The fourth-order valence-electron chi connectivity index (χ4n) is 3.81. The van der Waals surface area contributed by atoms with Crippen LogP contribution in [0.2, 0.25) is 0 Å². The molecule has 0 bridgehead atoms. The third-order valence-electron chi connectivity index (χ3n) is 5.49. The summed E-state index contributed by atoms with van der Waals surface area (Å²) in [7, 11) is 0. The Labute approximate surface area is 178 Å². The lowest BCUT2D eigenvalue weighted by Crippen LogP contribution is -2.51. The average Bonchev–Trinajstić information content (AvgIpc) is 2.75. The number of piperidine rings is 1. The molecule has 0 amide bonds. The van der Waals surface area contributed by atoms with E-state index in [1.165, 1.54) is 17.7 Å². The van der Waals surface area contributed by atoms with Gasteiger partial charge in [-0.1, -0.05) is 42.5 Å². The van der Waals surface area contributed by atoms with Crippen LogP contribution in [-0.2, 0) is 13.1 Å². The molecule has 1 heterocycles. The van der Waals surface area contributed by atoms with Crippen LogP contribution in [0.15, 0.2) is 59.6 Å². The summed E-state index contributed by atoms with van der Waals surface area (Å²) in [4.78, 5) is 17.6. The molecule has 2 unspecified atom stereocenters. The molecule has 2 aromatic carbocycles. The third-order valence-corrected chi connectivity index (χ3v) is 5.49. The van der Waals surface area contributed by atoms with Gasteiger partial charge in [0.2, 0.25) is 0 Å². The largest absolute Gasteiger partial charge is 0.357 e. The molecule has 1 saturated heterocycles. The van der Waals surface area contributed by atoms with Gasteiger partial charge in [-0.05, 0) is 37.8 Å². The van der Waals surface area contributed by atoms with Gasteiger partial charge in [0.05, 0.1) is 11.5 Å². The van der Waals surface area contributed by atoms with Crippen LogP contribution in [0.5, 0.6) is 0 Å². The maximum absolute atomic E-state index is 10.8. The summed E-state index contributed by atoms with van der Waals surface area (Å²) >= 11 is 0. The monoisotopic (exact) mass is 409 g/mol. The number of nitro benzene ring substituents is 1. The molecule has 7 nitrogen and oxygen atoms in total. The Balaban J connectivity index is 1.54. The molecular formula is C23H31N5O2. The molecule has 1 aliphatic heterocycles. The second-order valence-electron chi connectivity index (χ2n) is 7.79. The number of aliphatic imine (C=N–C) groups is 1. The molecule has 2 N–H and O–H groups in total. The van der Waals surface area contributed by atoms with E-state index in [1.807, 2.05) is 6.92 Å². The Morgan fingerprint density at radius 3 is 2.53 bits per heavy atom. The SMILES string of the molecule is CCNC(=NCc1ccc([N+](=O)[O-])cc1)NC1CCN(Cc2ccccc2)C(C)C1. The van der Waals surface area contributed by atoms with Crippen molar-refractivity contribution in [3.05, 3.63) is 75.8 Å². The quantitative estimate of drug-likeness (QED) is 0.315. The molecule has 0 saturated carbocycles. The Hall–Kier alpha value is -2.93. The highest BCUT2D eigenvalue weighted by Gasteiger charge is 2.25. The number of nitro groups is 1. The minimum Gasteiger partial charge on any atom is -0.357 e. The smallest absolute Gasteiger partial charge is 0.269 e. The predicted octanol–water partition coefficient (Wildman–Crippen LogP) is 3.70. The fraction of sp³-hybridized carbons (Fsp3) is 0.435. The van der Waals surface area contributed by atoms with Gasteiger partial charge in [0.15, 0.2) is 5.96 Å². The first kappa shape index (κ1) is 21.8. The maximum Gasteiger partial charge on any atom is 0.269 e. The normalized spacial score (nSPS) is 20.0. The van der Waals surface area contributed by atoms with E-state index in [9.17, 15) is 10.1 Å². The van der Waals surface area contributed by atoms with E-state index < -0.39 is 0 Å². The van der Waals surface area contributed by atoms with Crippen molar-refractivity contribution in [3.63, 3.8) is 0 Å². The summed E-state index contributed by atoms with van der Waals surface area (Å²) in [6, 6.07) is 18.1. The van der Waals surface area contributed by atoms with Crippen molar-refractivity contribution in [2.75, 3.05) is 13.1 Å². The summed E-state index contributed by atoms with van der Waals surface area (Å²) in [5.41, 5.74) is 2.40. The van der Waals surface area contributed by atoms with Crippen molar-refractivity contribution in [3.8, 4) is 0 Å². The Morgan fingerprint density at radius 2 is 1.90 bits per heavy atom. The number of hydrogen-bond acceptors (Lipinski definition) is 4. The lowest BCUT2D eigenvalue weighted by Gasteiger charge is -2.38. The first-order valence-corrected chi connectivity index (χ1v) is 10.6. The molecule has 7 heteroatoms. The fourth-order valence-corrected chi connectivity index (χ4v) is 3.81. The van der Waals surface area contributed by atoms with Crippen LogP contribution in [-0.4, -0.2) is 41.0 Å². The Morgan fingerprint density at radius 1 is 1.17 bits per heavy atom. The summed E-state index contributed by atoms with van der Waals surface area (Å²) in [5.74, 6) is 0.796. The molecule has 2 atom stereocenters. The molecule has 3 rings (SSSR count). The van der Waals surface area contributed by atoms with Crippen LogP contribution in [0, 0.1) is 10.1 Å². The van der Waals surface area contributed by atoms with Gasteiger partial charge >= 0.3 is 0 Å². The summed E-state index contributed by atoms with van der Waals surface area (Å²) < 4.78 is 0. The second-order valence-corrected chi connectivity index (χ2v) is 7.79. The second kappa shape index (κ2) is 10.7. The topological polar surface area (TPSA) is 82.8 Å². The molecular weight excluding hydrogens is 378 g/mol. The molecule has 160 valence electrons. The highest BCUT2D eigenvalue weighted by Crippen LogP contribution is 2.20. The molecule has 0 aliphatic carbocycles. The van der Waals surface area contributed by atoms with Crippen molar-refractivity contribution >= 4 is 11.6 Å². The molecule has 30 heavy (non-hydrogen) atoms. The standard InChI is InChI=1S/C23H31N5O2/c1-3-24-23(25-16-19-9-11-22(12-10-19)28(29)30)26-21-13-14-27(18(2)15-21)17-20-7-5-4-6-8-20/h4-12,18,21H,3,13-17H2,1-2H3,(H2,24,25,26). The Kier molecular flexibility index (Phi) is 7.79. The lowest BCUT2D eigenvalue weighted by atomic mass is 9.97. The van der Waals surface area contributed by atoms with Gasteiger partial charge in [-0.3, -0.25) is 15.0 Å². The Bertz CT molecular complexity index is 838. The molecule has 1 fully saturated rings. The zero-order chi connectivity index (χ0) is 21.3. The van der Waals surface area contributed by atoms with E-state index in [0.29, 0.717) is 18.6 Å². The summed E-state index contributed by atoms with van der Waals surface area (Å²) in [6.07, 6.45) is 2.13. The summed E-state index contributed by atoms with van der Waals surface area (Å²) in [6.45, 7) is 7.65. The number of hydrogen-bond donors (Lipinski definition) is 2. The van der Waals surface area contributed by atoms with Crippen LogP contribution < -0.4 is 10.6 Å². The molecule has 0 spiro atoms. The number of benzene rings is 2. The van der Waals surface area contributed by atoms with Crippen molar-refractivity contribution < 1.29 is 4.92 Å². The van der Waals surface area contributed by atoms with E-state index >= 15 is 0 Å². The minimum atomic E-state index is -0.385. The average molecular weight is 410 g/mol. The number of nitrogens with one attached hydrogen (secondary N) is 2. The van der Waals surface area contributed by atoms with Gasteiger partial charge in [0.25, 0.3) is 5.69 Å². The molecule has 2 aromatic rings. The van der Waals surface area contributed by atoms with E-state index in [-0.39, 0.29) is 10.6 Å². The van der Waals surface area contributed by atoms with Crippen LogP contribution >= 0.6 is 0 Å². The highest BCUT2D eigenvalue weighted by molar-refractivity contribution is 5.80. The molecule has 0 radical (unpaired) electrons. The van der Waals surface area contributed by atoms with Gasteiger partial charge in [-0.15, -0.1) is 0 Å². The van der Waals surface area contributed by atoms with Crippen molar-refractivity contribution in [1.29, 1.82) is 0 Å². The first-order chi connectivity index (χ1) is 14.5. The zero-order valence-electron chi connectivity index (χ0n) is 17.8. The molecule has 1 aliphatic rings. The predicted molar refractivity (Wildman–Crippen MR) is 120 cm³/mol. The van der Waals surface area contributed by atoms with Gasteiger partial charge < -0.3 is 10.6 Å². The van der Waals surface area contributed by atoms with Crippen molar-refractivity contribution in [2.24, 2.45) is 4.99 Å². The van der Waals surface area contributed by atoms with Crippen LogP contribution in [0.25, 0.3) is 0 Å². The van der Waals surface area contributed by atoms with E-state index in [1.54, 1.807) is 12.1 Å². The number of guanidine groups is 1. The summed E-state index contributed by atoms with van der Waals surface area (Å²) in [5, 5.41) is 17.7. The number of rotatable bonds is 7. The maximum atomic E-state index is 10.8. The van der Waals surface area contributed by atoms with Crippen LogP contribution in [0.1, 0.15) is 37.8 Å². The van der Waals surface area contributed by atoms with E-state index in [0.717, 1.165) is 44.0 Å². The highest BCUT2D eigenvalue weighted by atomic mass is 16.6. The number of nitrogens with zero attached hydrogens (tertiary/aromatic N) is 3. The number of likely N-dealkylation sites (tertiary alicyclic amines) is 1. The van der Waals surface area contributed by atoms with Gasteiger partial charge in [0.1, 0.15) is 0 Å². The van der Waals surface area contributed by atoms with E-state index in [4.69, 9.17) is 0 Å². The van der Waals surface area contributed by atoms with Gasteiger partial charge in [-0.25, -0.2) is 4.99 Å². The van der Waals surface area contributed by atoms with Crippen LogP contribution in [0.3, 0.4) is 0 Å².